The van der Waals surface area contributed by atoms with Crippen LogP contribution in [0.4, 0.5) is 0 Å². The van der Waals surface area contributed by atoms with Crippen molar-refractivity contribution in [3.8, 4) is 0 Å². The van der Waals surface area contributed by atoms with Gasteiger partial charge in [-0.3, -0.25) is 20.1 Å². The van der Waals surface area contributed by atoms with Crippen LogP contribution in [0.3, 0.4) is 0 Å². The van der Waals surface area contributed by atoms with E-state index in [2.05, 4.69) is 4.74 Å². The molecule has 1 atom stereocenters. The second-order valence-corrected chi connectivity index (χ2v) is 3.50. The molecular formula is C10H16ClNO5. The number of hydrogen-bond donors (Lipinski definition) is 1. The number of ketones is 1. The van der Waals surface area contributed by atoms with E-state index in [4.69, 9.17) is 22.1 Å². The minimum Gasteiger partial charge on any atom is -0.466 e. The Labute approximate surface area is 104 Å². The number of nitrogens with two attached hydrogens (primary N) is 1. The number of Topliss-reactive ketones (excluding diaryl/α,β-unsaturated/α-hetero) is 1. The Kier molecular flexibility index (Phi) is 8.35. The third-order valence-corrected chi connectivity index (χ3v) is 1.95. The molecule has 7 heteroatoms. The topological polar surface area (TPSA) is 95.7 Å². The van der Waals surface area contributed by atoms with Crippen molar-refractivity contribution >= 4 is 29.3 Å². The Morgan fingerprint density at radius 3 is 2.41 bits per heavy atom. The van der Waals surface area contributed by atoms with Gasteiger partial charge in [-0.15, -0.1) is 11.6 Å². The first-order valence-electron chi connectivity index (χ1n) is 5.20. The molecule has 17 heavy (non-hydrogen) atoms. The SMILES string of the molecule is CCCOC(=O)CCC(=O)C(N)OC(=O)CCl. The van der Waals surface area contributed by atoms with Crippen LogP contribution in [-0.2, 0) is 23.9 Å². The average molecular weight is 266 g/mol. The van der Waals surface area contributed by atoms with Crippen LogP contribution in [0, 0.1) is 0 Å². The summed E-state index contributed by atoms with van der Waals surface area (Å²) in [4.78, 5) is 33.1. The standard InChI is InChI=1S/C10H16ClNO5/c1-2-5-16-8(14)4-3-7(13)10(12)17-9(15)6-11/h10H,2-6,12H2,1H3. The maximum absolute atomic E-state index is 11.3. The lowest BCUT2D eigenvalue weighted by Gasteiger charge is -2.10. The third-order valence-electron chi connectivity index (χ3n) is 1.73. The number of alkyl halides is 1. The summed E-state index contributed by atoms with van der Waals surface area (Å²) in [7, 11) is 0. The lowest BCUT2D eigenvalue weighted by molar-refractivity contribution is -0.153. The van der Waals surface area contributed by atoms with E-state index in [1.165, 1.54) is 0 Å². The number of rotatable bonds is 8. The molecule has 0 fully saturated rings. The van der Waals surface area contributed by atoms with Crippen LogP contribution >= 0.6 is 11.6 Å². The summed E-state index contributed by atoms with van der Waals surface area (Å²) in [6.45, 7) is 2.18. The van der Waals surface area contributed by atoms with Gasteiger partial charge in [-0.25, -0.2) is 0 Å². The fraction of sp³-hybridized carbons (Fsp3) is 0.700. The van der Waals surface area contributed by atoms with E-state index in [1.54, 1.807) is 0 Å². The van der Waals surface area contributed by atoms with E-state index in [1.807, 2.05) is 6.92 Å². The molecule has 0 saturated heterocycles. The Bertz CT molecular complexity index is 282. The van der Waals surface area contributed by atoms with Crippen molar-refractivity contribution in [2.75, 3.05) is 12.5 Å². The molecule has 0 radical (unpaired) electrons. The summed E-state index contributed by atoms with van der Waals surface area (Å²) in [5, 5.41) is 0. The van der Waals surface area contributed by atoms with Gasteiger partial charge in [0.2, 0.25) is 6.23 Å². The third kappa shape index (κ3) is 7.70. The molecule has 0 aliphatic heterocycles. The summed E-state index contributed by atoms with van der Waals surface area (Å²) in [6, 6.07) is 0. The van der Waals surface area contributed by atoms with Crippen molar-refractivity contribution < 1.29 is 23.9 Å². The molecule has 0 aromatic heterocycles. The van der Waals surface area contributed by atoms with E-state index in [9.17, 15) is 14.4 Å². The summed E-state index contributed by atoms with van der Waals surface area (Å²) < 4.78 is 9.24. The van der Waals surface area contributed by atoms with Crippen LogP contribution in [0.2, 0.25) is 0 Å². The van der Waals surface area contributed by atoms with Gasteiger partial charge in [-0.05, 0) is 6.42 Å². The number of halogens is 1. The quantitative estimate of drug-likeness (QED) is 0.387. The van der Waals surface area contributed by atoms with Gasteiger partial charge in [-0.1, -0.05) is 6.92 Å². The minimum absolute atomic E-state index is 0.0784. The molecular weight excluding hydrogens is 250 g/mol. The molecule has 0 aliphatic carbocycles. The molecule has 0 saturated carbocycles. The van der Waals surface area contributed by atoms with E-state index in [0.29, 0.717) is 13.0 Å². The van der Waals surface area contributed by atoms with Gasteiger partial charge >= 0.3 is 11.9 Å². The highest BCUT2D eigenvalue weighted by molar-refractivity contribution is 6.26. The van der Waals surface area contributed by atoms with Crippen LogP contribution in [0.5, 0.6) is 0 Å². The van der Waals surface area contributed by atoms with E-state index < -0.39 is 23.9 Å². The van der Waals surface area contributed by atoms with Crippen LogP contribution in [0.25, 0.3) is 0 Å². The molecule has 0 heterocycles. The molecule has 0 aromatic rings. The number of esters is 2. The lowest BCUT2D eigenvalue weighted by atomic mass is 10.2. The molecule has 0 spiro atoms. The Morgan fingerprint density at radius 1 is 1.24 bits per heavy atom. The van der Waals surface area contributed by atoms with Crippen LogP contribution in [-0.4, -0.2) is 36.4 Å². The molecule has 0 rings (SSSR count). The summed E-state index contributed by atoms with van der Waals surface area (Å²) in [5.41, 5.74) is 5.28. The van der Waals surface area contributed by atoms with Gasteiger partial charge in [0.15, 0.2) is 5.78 Å². The monoisotopic (exact) mass is 265 g/mol. The van der Waals surface area contributed by atoms with Crippen LogP contribution < -0.4 is 5.73 Å². The van der Waals surface area contributed by atoms with Crippen molar-refractivity contribution in [1.29, 1.82) is 0 Å². The fourth-order valence-corrected chi connectivity index (χ4v) is 0.957. The molecule has 2 N–H and O–H groups in total. The molecule has 0 bridgehead atoms. The van der Waals surface area contributed by atoms with Crippen molar-refractivity contribution in [3.63, 3.8) is 0 Å². The predicted octanol–water partition coefficient (Wildman–Crippen LogP) is 0.356. The minimum atomic E-state index is -1.37. The molecule has 0 amide bonds. The highest BCUT2D eigenvalue weighted by Gasteiger charge is 2.18. The summed E-state index contributed by atoms with van der Waals surface area (Å²) in [5.74, 6) is -2.17. The fourth-order valence-electron chi connectivity index (χ4n) is 0.894. The van der Waals surface area contributed by atoms with Crippen LogP contribution in [0.1, 0.15) is 26.2 Å². The number of ether oxygens (including phenoxy) is 2. The molecule has 6 nitrogen and oxygen atoms in total. The van der Waals surface area contributed by atoms with Gasteiger partial charge in [-0.2, -0.15) is 0 Å². The Balaban J connectivity index is 3.85. The number of hydrogen-bond acceptors (Lipinski definition) is 6. The van der Waals surface area contributed by atoms with Gasteiger partial charge in [0, 0.05) is 6.42 Å². The normalized spacial score (nSPS) is 11.7. The van der Waals surface area contributed by atoms with Crippen LogP contribution in [0.15, 0.2) is 0 Å². The average Bonchev–Trinajstić information content (AvgIpc) is 2.32. The van der Waals surface area contributed by atoms with Gasteiger partial charge in [0.1, 0.15) is 5.88 Å². The summed E-state index contributed by atoms with van der Waals surface area (Å²) >= 11 is 5.17. The molecule has 0 aromatic carbocycles. The zero-order valence-electron chi connectivity index (χ0n) is 9.61. The smallest absolute Gasteiger partial charge is 0.322 e. The molecule has 1 unspecified atom stereocenters. The van der Waals surface area contributed by atoms with Crippen molar-refractivity contribution in [1.82, 2.24) is 0 Å². The van der Waals surface area contributed by atoms with E-state index in [0.717, 1.165) is 0 Å². The van der Waals surface area contributed by atoms with Crippen molar-refractivity contribution in [3.05, 3.63) is 0 Å². The maximum atomic E-state index is 11.3. The number of carbonyl (C=O) groups is 3. The predicted molar refractivity (Wildman–Crippen MR) is 60.3 cm³/mol. The Morgan fingerprint density at radius 2 is 1.88 bits per heavy atom. The van der Waals surface area contributed by atoms with E-state index >= 15 is 0 Å². The molecule has 98 valence electrons. The van der Waals surface area contributed by atoms with Gasteiger partial charge in [0.25, 0.3) is 0 Å². The first-order chi connectivity index (χ1) is 8.01. The van der Waals surface area contributed by atoms with Gasteiger partial charge in [0.05, 0.1) is 13.0 Å². The second kappa shape index (κ2) is 8.95. The number of carbonyl (C=O) groups excluding carboxylic acids is 3. The molecule has 0 aliphatic rings. The Hall–Kier alpha value is -1.14. The van der Waals surface area contributed by atoms with E-state index in [-0.39, 0.29) is 18.7 Å². The van der Waals surface area contributed by atoms with Gasteiger partial charge < -0.3 is 9.47 Å². The zero-order chi connectivity index (χ0) is 13.3. The summed E-state index contributed by atoms with van der Waals surface area (Å²) in [6.07, 6.45) is -0.864. The highest BCUT2D eigenvalue weighted by Crippen LogP contribution is 1.99. The second-order valence-electron chi connectivity index (χ2n) is 3.23. The highest BCUT2D eigenvalue weighted by atomic mass is 35.5. The lowest BCUT2D eigenvalue weighted by Crippen LogP contribution is -2.36. The first-order valence-corrected chi connectivity index (χ1v) is 5.74. The zero-order valence-corrected chi connectivity index (χ0v) is 10.4. The first kappa shape index (κ1) is 15.9. The van der Waals surface area contributed by atoms with Crippen molar-refractivity contribution in [2.45, 2.75) is 32.4 Å². The maximum Gasteiger partial charge on any atom is 0.322 e. The largest absolute Gasteiger partial charge is 0.466 e. The van der Waals surface area contributed by atoms with Crippen molar-refractivity contribution in [2.24, 2.45) is 5.73 Å².